The number of rotatable bonds is 5. The molecule has 1 atom stereocenters. The van der Waals surface area contributed by atoms with E-state index >= 15 is 0 Å². The molecule has 4 N–H and O–H groups in total. The van der Waals surface area contributed by atoms with Crippen LogP contribution in [0.5, 0.6) is 0 Å². The Morgan fingerprint density at radius 3 is 2.74 bits per heavy atom. The van der Waals surface area contributed by atoms with Crippen LogP contribution in [0.15, 0.2) is 30.6 Å². The summed E-state index contributed by atoms with van der Waals surface area (Å²) >= 11 is 6.44. The van der Waals surface area contributed by atoms with E-state index in [0.29, 0.717) is 11.0 Å². The number of hydrogen-bond donors (Lipinski definition) is 3. The molecule has 1 saturated heterocycles. The highest BCUT2D eigenvalue weighted by molar-refractivity contribution is 6.35. The van der Waals surface area contributed by atoms with E-state index < -0.39 is 0 Å². The number of aromatic nitrogens is 4. The number of fused-ring (bicyclic) bond motifs is 1. The van der Waals surface area contributed by atoms with Crippen molar-refractivity contribution in [3.8, 4) is 0 Å². The molecule has 3 aromatic rings. The first-order valence-electron chi connectivity index (χ1n) is 10.2. The van der Waals surface area contributed by atoms with Gasteiger partial charge in [0, 0.05) is 37.0 Å². The van der Waals surface area contributed by atoms with Crippen LogP contribution in [0.2, 0.25) is 5.02 Å². The fourth-order valence-corrected chi connectivity index (χ4v) is 4.14. The topological polar surface area (TPSA) is 122 Å². The Kier molecular flexibility index (Phi) is 6.03. The van der Waals surface area contributed by atoms with Crippen molar-refractivity contribution in [1.82, 2.24) is 25.3 Å². The van der Waals surface area contributed by atoms with Crippen LogP contribution >= 0.6 is 11.6 Å². The van der Waals surface area contributed by atoms with Gasteiger partial charge in [0.2, 0.25) is 17.8 Å². The Hall–Kier alpha value is -3.20. The van der Waals surface area contributed by atoms with Crippen LogP contribution in [-0.4, -0.2) is 45.0 Å². The van der Waals surface area contributed by atoms with Crippen LogP contribution in [0.1, 0.15) is 38.3 Å². The molecule has 0 aliphatic carbocycles. The average Bonchev–Trinajstić information content (AvgIpc) is 2.73. The fourth-order valence-electron chi connectivity index (χ4n) is 3.91. The number of benzene rings is 1. The van der Waals surface area contributed by atoms with Crippen LogP contribution in [0, 0.1) is 0 Å². The van der Waals surface area contributed by atoms with Crippen molar-refractivity contribution in [1.29, 1.82) is 0 Å². The lowest BCUT2D eigenvalue weighted by molar-refractivity contribution is -0.119. The maximum atomic E-state index is 11.4. The highest BCUT2D eigenvalue weighted by atomic mass is 35.5. The molecule has 0 spiro atoms. The molecule has 0 radical (unpaired) electrons. The minimum Gasteiger partial charge on any atom is -0.368 e. The Morgan fingerprint density at radius 2 is 2.03 bits per heavy atom. The zero-order valence-corrected chi connectivity index (χ0v) is 18.2. The molecule has 9 nitrogen and oxygen atoms in total. The van der Waals surface area contributed by atoms with Gasteiger partial charge in [0.05, 0.1) is 16.6 Å². The van der Waals surface area contributed by atoms with Crippen molar-refractivity contribution in [2.24, 2.45) is 0 Å². The average molecular weight is 441 g/mol. The predicted octanol–water partition coefficient (Wildman–Crippen LogP) is 2.93. The summed E-state index contributed by atoms with van der Waals surface area (Å²) in [5.41, 5.74) is 7.46. The standard InChI is InChI=1S/C21H25ClN8O/c1-12(26-21-25-11-24-20(23)29-21)16-10-14-4-3-5-17(22)18(14)28-19(16)30-8-6-15(7-9-30)27-13(2)31/h3-5,10-12,15H,6-9H2,1-2H3,(H,27,31)(H3,23,24,25,26,29). The molecule has 162 valence electrons. The number of piperidine rings is 1. The van der Waals surface area contributed by atoms with Gasteiger partial charge in [-0.3, -0.25) is 4.79 Å². The quantitative estimate of drug-likeness (QED) is 0.553. The minimum atomic E-state index is -0.138. The number of anilines is 3. The van der Waals surface area contributed by atoms with Crippen LogP contribution in [0.4, 0.5) is 17.7 Å². The summed E-state index contributed by atoms with van der Waals surface area (Å²) in [5.74, 6) is 1.43. The molecule has 3 heterocycles. The van der Waals surface area contributed by atoms with Crippen molar-refractivity contribution in [3.05, 3.63) is 41.2 Å². The number of carbonyl (C=O) groups excluding carboxylic acids is 1. The van der Waals surface area contributed by atoms with E-state index in [1.54, 1.807) is 6.92 Å². The van der Waals surface area contributed by atoms with E-state index in [-0.39, 0.29) is 23.9 Å². The predicted molar refractivity (Wildman–Crippen MR) is 122 cm³/mol. The van der Waals surface area contributed by atoms with Gasteiger partial charge in [-0.2, -0.15) is 4.98 Å². The Balaban J connectivity index is 1.67. The first-order chi connectivity index (χ1) is 14.9. The second kappa shape index (κ2) is 8.89. The number of nitrogens with zero attached hydrogens (tertiary/aromatic N) is 5. The number of nitrogens with one attached hydrogen (secondary N) is 2. The summed E-state index contributed by atoms with van der Waals surface area (Å²) in [7, 11) is 0. The van der Waals surface area contributed by atoms with E-state index in [1.807, 2.05) is 25.1 Å². The number of halogens is 1. The summed E-state index contributed by atoms with van der Waals surface area (Å²) in [6.07, 6.45) is 3.09. The normalized spacial score (nSPS) is 15.6. The number of nitrogen functional groups attached to an aromatic ring is 1. The number of pyridine rings is 1. The van der Waals surface area contributed by atoms with Gasteiger partial charge in [0.15, 0.2) is 0 Å². The van der Waals surface area contributed by atoms with Gasteiger partial charge in [-0.25, -0.2) is 15.0 Å². The molecule has 1 aliphatic heterocycles. The largest absolute Gasteiger partial charge is 0.368 e. The number of carbonyl (C=O) groups is 1. The van der Waals surface area contributed by atoms with Crippen LogP contribution in [-0.2, 0) is 4.79 Å². The molecule has 1 aliphatic rings. The van der Waals surface area contributed by atoms with Crippen molar-refractivity contribution in [3.63, 3.8) is 0 Å². The number of nitrogens with two attached hydrogens (primary N) is 1. The van der Waals surface area contributed by atoms with Gasteiger partial charge >= 0.3 is 0 Å². The van der Waals surface area contributed by atoms with Gasteiger partial charge in [-0.15, -0.1) is 0 Å². The second-order valence-corrected chi connectivity index (χ2v) is 8.12. The smallest absolute Gasteiger partial charge is 0.227 e. The molecule has 10 heteroatoms. The Labute approximate surface area is 185 Å². The lowest BCUT2D eigenvalue weighted by atomic mass is 10.0. The highest BCUT2D eigenvalue weighted by Crippen LogP contribution is 2.33. The van der Waals surface area contributed by atoms with E-state index in [1.165, 1.54) is 6.33 Å². The van der Waals surface area contributed by atoms with E-state index in [4.69, 9.17) is 22.3 Å². The molecule has 1 aromatic carbocycles. The van der Waals surface area contributed by atoms with E-state index in [0.717, 1.165) is 48.2 Å². The third-order valence-electron chi connectivity index (χ3n) is 5.41. The van der Waals surface area contributed by atoms with Crippen LogP contribution < -0.4 is 21.3 Å². The Morgan fingerprint density at radius 1 is 1.26 bits per heavy atom. The molecule has 4 rings (SSSR count). The molecular formula is C21H25ClN8O. The van der Waals surface area contributed by atoms with Crippen LogP contribution in [0.25, 0.3) is 10.9 Å². The second-order valence-electron chi connectivity index (χ2n) is 7.71. The lowest BCUT2D eigenvalue weighted by Crippen LogP contribution is -2.44. The van der Waals surface area contributed by atoms with Crippen LogP contribution in [0.3, 0.4) is 0 Å². The van der Waals surface area contributed by atoms with Gasteiger partial charge in [-0.1, -0.05) is 23.7 Å². The summed E-state index contributed by atoms with van der Waals surface area (Å²) < 4.78 is 0. The molecule has 1 fully saturated rings. The molecule has 0 bridgehead atoms. The zero-order valence-electron chi connectivity index (χ0n) is 17.5. The number of amides is 1. The summed E-state index contributed by atoms with van der Waals surface area (Å²) in [5, 5.41) is 7.88. The van der Waals surface area contributed by atoms with Crippen molar-refractivity contribution in [2.75, 3.05) is 29.0 Å². The first kappa shape index (κ1) is 21.0. The maximum absolute atomic E-state index is 11.4. The highest BCUT2D eigenvalue weighted by Gasteiger charge is 2.25. The molecule has 1 amide bonds. The van der Waals surface area contributed by atoms with Crippen molar-refractivity contribution in [2.45, 2.75) is 38.8 Å². The summed E-state index contributed by atoms with van der Waals surface area (Å²) in [6, 6.07) is 7.91. The molecule has 1 unspecified atom stereocenters. The molecule has 0 saturated carbocycles. The molecule has 2 aromatic heterocycles. The summed E-state index contributed by atoms with van der Waals surface area (Å²) in [4.78, 5) is 30.7. The van der Waals surface area contributed by atoms with Crippen molar-refractivity contribution < 1.29 is 4.79 Å². The van der Waals surface area contributed by atoms with Gasteiger partial charge in [-0.05, 0) is 31.9 Å². The van der Waals surface area contributed by atoms with E-state index in [9.17, 15) is 4.79 Å². The number of para-hydroxylation sites is 1. The van der Waals surface area contributed by atoms with Gasteiger partial charge in [0.25, 0.3) is 0 Å². The Bertz CT molecular complexity index is 1100. The minimum absolute atomic E-state index is 0.00389. The molecular weight excluding hydrogens is 416 g/mol. The zero-order chi connectivity index (χ0) is 22.0. The molecule has 31 heavy (non-hydrogen) atoms. The van der Waals surface area contributed by atoms with Gasteiger partial charge < -0.3 is 21.3 Å². The van der Waals surface area contributed by atoms with Gasteiger partial charge in [0.1, 0.15) is 12.1 Å². The maximum Gasteiger partial charge on any atom is 0.227 e. The lowest BCUT2D eigenvalue weighted by Gasteiger charge is -2.35. The third kappa shape index (κ3) is 4.77. The monoisotopic (exact) mass is 440 g/mol. The third-order valence-corrected chi connectivity index (χ3v) is 5.71. The number of hydrogen-bond acceptors (Lipinski definition) is 8. The van der Waals surface area contributed by atoms with E-state index in [2.05, 4.69) is 36.6 Å². The first-order valence-corrected chi connectivity index (χ1v) is 10.6. The SMILES string of the molecule is CC(=O)NC1CCN(c2nc3c(Cl)cccc3cc2C(C)Nc2ncnc(N)n2)CC1. The fraction of sp³-hybridized carbons (Fsp3) is 0.381. The summed E-state index contributed by atoms with van der Waals surface area (Å²) in [6.45, 7) is 5.15. The van der Waals surface area contributed by atoms with Crippen molar-refractivity contribution >= 4 is 46.1 Å².